The maximum Gasteiger partial charge on any atom is 0.238 e. The van der Waals surface area contributed by atoms with E-state index in [0.29, 0.717) is 13.2 Å². The highest BCUT2D eigenvalue weighted by molar-refractivity contribution is 5.77. The van der Waals surface area contributed by atoms with Crippen LogP contribution in [0.4, 0.5) is 0 Å². The second kappa shape index (κ2) is 3.84. The zero-order valence-electron chi connectivity index (χ0n) is 7.36. The van der Waals surface area contributed by atoms with Gasteiger partial charge in [0.25, 0.3) is 0 Å². The van der Waals surface area contributed by atoms with E-state index in [2.05, 4.69) is 0 Å². The number of carbonyl (C=O) groups excluding carboxylic acids is 1. The third-order valence-electron chi connectivity index (χ3n) is 1.67. The van der Waals surface area contributed by atoms with Crippen molar-refractivity contribution in [2.24, 2.45) is 0 Å². The number of hydrogen-bond acceptors (Lipinski definition) is 4. The Labute approximate surface area is 71.5 Å². The molecule has 1 aliphatic rings. The number of β-amino-alcohol motifs (C(OH)–C–C–N with tert-alkyl or cyclic N) is 1. The van der Waals surface area contributed by atoms with Crippen molar-refractivity contribution in [2.45, 2.75) is 6.10 Å². The molecule has 0 bridgehead atoms. The van der Waals surface area contributed by atoms with Gasteiger partial charge in [-0.05, 0) is 0 Å². The van der Waals surface area contributed by atoms with Crippen molar-refractivity contribution in [3.8, 4) is 0 Å². The van der Waals surface area contributed by atoms with E-state index in [9.17, 15) is 4.79 Å². The first-order chi connectivity index (χ1) is 5.59. The molecule has 1 saturated heterocycles. The molecule has 1 atom stereocenters. The van der Waals surface area contributed by atoms with Crippen molar-refractivity contribution in [3.63, 3.8) is 0 Å². The van der Waals surface area contributed by atoms with E-state index in [1.807, 2.05) is 0 Å². The van der Waals surface area contributed by atoms with Crippen LogP contribution in [-0.4, -0.2) is 60.9 Å². The quantitative estimate of drug-likeness (QED) is 0.564. The standard InChI is InChI=1S/C7H14N2O3/c1-8(2)7(11)4-9-3-6(10)5-12-9/h6,10H,3-5H2,1-2H3. The summed E-state index contributed by atoms with van der Waals surface area (Å²) in [5.41, 5.74) is 0. The lowest BCUT2D eigenvalue weighted by Gasteiger charge is -2.16. The topological polar surface area (TPSA) is 53.0 Å². The molecule has 5 heteroatoms. The number of rotatable bonds is 2. The maximum absolute atomic E-state index is 11.1. The van der Waals surface area contributed by atoms with Gasteiger partial charge < -0.3 is 10.0 Å². The smallest absolute Gasteiger partial charge is 0.238 e. The van der Waals surface area contributed by atoms with Crippen molar-refractivity contribution >= 4 is 5.91 Å². The Kier molecular flexibility index (Phi) is 3.02. The SMILES string of the molecule is CN(C)C(=O)CN1CC(O)CO1. The Bertz CT molecular complexity index is 172. The van der Waals surface area contributed by atoms with Gasteiger partial charge in [-0.15, -0.1) is 0 Å². The Hall–Kier alpha value is -0.650. The zero-order chi connectivity index (χ0) is 9.14. The normalized spacial score (nSPS) is 24.4. The average molecular weight is 174 g/mol. The van der Waals surface area contributed by atoms with Crippen LogP contribution in [0.25, 0.3) is 0 Å². The minimum Gasteiger partial charge on any atom is -0.389 e. The summed E-state index contributed by atoms with van der Waals surface area (Å²) in [4.78, 5) is 17.6. The third-order valence-corrected chi connectivity index (χ3v) is 1.67. The van der Waals surface area contributed by atoms with Crippen molar-refractivity contribution in [2.75, 3.05) is 33.8 Å². The number of amides is 1. The molecule has 0 aromatic rings. The van der Waals surface area contributed by atoms with Gasteiger partial charge in [-0.25, -0.2) is 0 Å². The molecule has 1 heterocycles. The van der Waals surface area contributed by atoms with E-state index in [-0.39, 0.29) is 12.5 Å². The van der Waals surface area contributed by atoms with Gasteiger partial charge in [-0.2, -0.15) is 5.06 Å². The largest absolute Gasteiger partial charge is 0.389 e. The fourth-order valence-electron chi connectivity index (χ4n) is 0.934. The van der Waals surface area contributed by atoms with E-state index in [1.165, 1.54) is 9.96 Å². The molecule has 0 radical (unpaired) electrons. The van der Waals surface area contributed by atoms with E-state index >= 15 is 0 Å². The molecule has 0 aliphatic carbocycles. The summed E-state index contributed by atoms with van der Waals surface area (Å²) in [6.45, 7) is 0.921. The van der Waals surface area contributed by atoms with Gasteiger partial charge in [0.1, 0.15) is 6.54 Å². The Morgan fingerprint density at radius 2 is 2.42 bits per heavy atom. The molecule has 0 saturated carbocycles. The van der Waals surface area contributed by atoms with E-state index in [1.54, 1.807) is 14.1 Å². The first-order valence-electron chi connectivity index (χ1n) is 3.85. The first-order valence-corrected chi connectivity index (χ1v) is 3.85. The summed E-state index contributed by atoms with van der Waals surface area (Å²) in [6.07, 6.45) is -0.458. The van der Waals surface area contributed by atoms with Crippen LogP contribution in [0.5, 0.6) is 0 Å². The number of carbonyl (C=O) groups is 1. The highest BCUT2D eigenvalue weighted by Crippen LogP contribution is 2.04. The highest BCUT2D eigenvalue weighted by Gasteiger charge is 2.23. The molecule has 1 N–H and O–H groups in total. The van der Waals surface area contributed by atoms with Crippen LogP contribution in [-0.2, 0) is 9.63 Å². The van der Waals surface area contributed by atoms with Gasteiger partial charge in [-0.3, -0.25) is 9.63 Å². The maximum atomic E-state index is 11.1. The lowest BCUT2D eigenvalue weighted by molar-refractivity contribution is -0.148. The Balaban J connectivity index is 2.28. The zero-order valence-corrected chi connectivity index (χ0v) is 7.36. The van der Waals surface area contributed by atoms with Crippen LogP contribution < -0.4 is 0 Å². The number of nitrogens with zero attached hydrogens (tertiary/aromatic N) is 2. The fourth-order valence-corrected chi connectivity index (χ4v) is 0.934. The second-order valence-electron chi connectivity index (χ2n) is 3.06. The van der Waals surface area contributed by atoms with E-state index < -0.39 is 6.10 Å². The minimum absolute atomic E-state index is 0.0240. The number of aliphatic hydroxyl groups excluding tert-OH is 1. The van der Waals surface area contributed by atoms with E-state index in [0.717, 1.165) is 0 Å². The molecule has 1 aliphatic heterocycles. The third kappa shape index (κ3) is 2.44. The summed E-state index contributed by atoms with van der Waals surface area (Å²) >= 11 is 0. The number of likely N-dealkylation sites (N-methyl/N-ethyl adjacent to an activating group) is 1. The summed E-state index contributed by atoms with van der Waals surface area (Å²) < 4.78 is 0. The predicted octanol–water partition coefficient (Wildman–Crippen LogP) is -1.32. The van der Waals surface area contributed by atoms with Crippen LogP contribution in [0, 0.1) is 0 Å². The van der Waals surface area contributed by atoms with Gasteiger partial charge in [0.05, 0.1) is 19.3 Å². The number of hydrogen-bond donors (Lipinski definition) is 1. The van der Waals surface area contributed by atoms with Crippen molar-refractivity contribution in [1.82, 2.24) is 9.96 Å². The molecule has 1 rings (SSSR count). The lowest BCUT2D eigenvalue weighted by atomic mass is 10.4. The minimum atomic E-state index is -0.458. The summed E-state index contributed by atoms with van der Waals surface area (Å²) in [5, 5.41) is 10.5. The van der Waals surface area contributed by atoms with Gasteiger partial charge in [0.2, 0.25) is 5.91 Å². The number of aliphatic hydroxyl groups is 1. The van der Waals surface area contributed by atoms with Crippen molar-refractivity contribution < 1.29 is 14.7 Å². The van der Waals surface area contributed by atoms with Crippen LogP contribution >= 0.6 is 0 Å². The average Bonchev–Trinajstić information content (AvgIpc) is 2.35. The summed E-state index contributed by atoms with van der Waals surface area (Å²) in [6, 6.07) is 0. The lowest BCUT2D eigenvalue weighted by Crippen LogP contribution is -2.35. The van der Waals surface area contributed by atoms with Gasteiger partial charge >= 0.3 is 0 Å². The summed E-state index contributed by atoms with van der Waals surface area (Å²) in [7, 11) is 3.38. The van der Waals surface area contributed by atoms with Crippen LogP contribution in [0.2, 0.25) is 0 Å². The number of hydroxylamine groups is 2. The van der Waals surface area contributed by atoms with Crippen molar-refractivity contribution in [1.29, 1.82) is 0 Å². The summed E-state index contributed by atoms with van der Waals surface area (Å²) in [5.74, 6) is -0.0240. The first kappa shape index (κ1) is 9.44. The molecule has 70 valence electrons. The van der Waals surface area contributed by atoms with Gasteiger partial charge in [0.15, 0.2) is 0 Å². The molecule has 5 nitrogen and oxygen atoms in total. The monoisotopic (exact) mass is 174 g/mol. The van der Waals surface area contributed by atoms with Crippen molar-refractivity contribution in [3.05, 3.63) is 0 Å². The van der Waals surface area contributed by atoms with Gasteiger partial charge in [-0.1, -0.05) is 0 Å². The van der Waals surface area contributed by atoms with Crippen LogP contribution in [0.15, 0.2) is 0 Å². The van der Waals surface area contributed by atoms with Crippen LogP contribution in [0.3, 0.4) is 0 Å². The second-order valence-corrected chi connectivity index (χ2v) is 3.06. The molecule has 0 aromatic heterocycles. The highest BCUT2D eigenvalue weighted by atomic mass is 16.7. The Morgan fingerprint density at radius 1 is 1.75 bits per heavy atom. The molecule has 1 amide bonds. The molecule has 0 aromatic carbocycles. The molecule has 1 fully saturated rings. The molecule has 1 unspecified atom stereocenters. The molecular weight excluding hydrogens is 160 g/mol. The fraction of sp³-hybridized carbons (Fsp3) is 0.857. The van der Waals surface area contributed by atoms with Crippen LogP contribution in [0.1, 0.15) is 0 Å². The molecule has 0 spiro atoms. The van der Waals surface area contributed by atoms with Gasteiger partial charge in [0, 0.05) is 14.1 Å². The Morgan fingerprint density at radius 3 is 2.83 bits per heavy atom. The molecule has 12 heavy (non-hydrogen) atoms. The van der Waals surface area contributed by atoms with E-state index in [4.69, 9.17) is 9.94 Å². The molecular formula is C7H14N2O3. The predicted molar refractivity (Wildman–Crippen MR) is 42.2 cm³/mol.